The number of nitrogens with two attached hydrogens (primary N) is 1. The molecule has 0 spiro atoms. The Morgan fingerprint density at radius 1 is 1.29 bits per heavy atom. The molecule has 0 saturated carbocycles. The molecule has 0 radical (unpaired) electrons. The predicted octanol–water partition coefficient (Wildman–Crippen LogP) is 1.98. The van der Waals surface area contributed by atoms with Crippen LogP contribution in [0.2, 0.25) is 0 Å². The van der Waals surface area contributed by atoms with Crippen LogP contribution in [0.4, 0.5) is 5.69 Å². The van der Waals surface area contributed by atoms with Crippen molar-refractivity contribution < 1.29 is 9.53 Å². The molecular formula is C11H15NO2. The summed E-state index contributed by atoms with van der Waals surface area (Å²) in [4.78, 5) is 11.3. The predicted molar refractivity (Wildman–Crippen MR) is 56.4 cm³/mol. The second kappa shape index (κ2) is 3.70. The highest BCUT2D eigenvalue weighted by Gasteiger charge is 2.14. The van der Waals surface area contributed by atoms with Gasteiger partial charge in [0.1, 0.15) is 0 Å². The van der Waals surface area contributed by atoms with Crippen LogP contribution in [0.5, 0.6) is 0 Å². The normalized spacial score (nSPS) is 10.0. The number of carbonyl (C=O) groups is 1. The van der Waals surface area contributed by atoms with Crippen LogP contribution >= 0.6 is 0 Å². The van der Waals surface area contributed by atoms with Crippen molar-refractivity contribution in [2.45, 2.75) is 20.8 Å². The summed E-state index contributed by atoms with van der Waals surface area (Å²) in [5.41, 5.74) is 9.92. The molecule has 76 valence electrons. The molecule has 0 aliphatic rings. The van der Waals surface area contributed by atoms with Gasteiger partial charge in [0.15, 0.2) is 0 Å². The fourth-order valence-corrected chi connectivity index (χ4v) is 1.38. The van der Waals surface area contributed by atoms with Gasteiger partial charge >= 0.3 is 5.97 Å². The lowest BCUT2D eigenvalue weighted by Gasteiger charge is -2.11. The first-order chi connectivity index (χ1) is 6.49. The largest absolute Gasteiger partial charge is 0.465 e. The van der Waals surface area contributed by atoms with E-state index < -0.39 is 0 Å². The molecule has 0 heterocycles. The molecule has 0 unspecified atom stereocenters. The monoisotopic (exact) mass is 193 g/mol. The van der Waals surface area contributed by atoms with E-state index >= 15 is 0 Å². The van der Waals surface area contributed by atoms with E-state index in [9.17, 15) is 4.79 Å². The first-order valence-corrected chi connectivity index (χ1v) is 4.43. The average molecular weight is 193 g/mol. The van der Waals surface area contributed by atoms with Crippen molar-refractivity contribution in [1.29, 1.82) is 0 Å². The number of hydrogen-bond acceptors (Lipinski definition) is 3. The second-order valence-corrected chi connectivity index (χ2v) is 3.40. The minimum absolute atomic E-state index is 0.381. The van der Waals surface area contributed by atoms with Crippen molar-refractivity contribution in [1.82, 2.24) is 0 Å². The van der Waals surface area contributed by atoms with E-state index in [1.807, 2.05) is 20.8 Å². The lowest BCUT2D eigenvalue weighted by Crippen LogP contribution is -2.08. The summed E-state index contributed by atoms with van der Waals surface area (Å²) < 4.78 is 4.65. The molecule has 0 atom stereocenters. The van der Waals surface area contributed by atoms with Crippen LogP contribution in [-0.4, -0.2) is 13.1 Å². The van der Waals surface area contributed by atoms with Gasteiger partial charge in [-0.1, -0.05) is 0 Å². The molecule has 1 rings (SSSR count). The van der Waals surface area contributed by atoms with Gasteiger partial charge < -0.3 is 10.5 Å². The number of ether oxygens (including phenoxy) is 1. The summed E-state index contributed by atoms with van der Waals surface area (Å²) in [6, 6.07) is 1.77. The third kappa shape index (κ3) is 1.58. The Balaban J connectivity index is 3.40. The molecule has 0 aliphatic carbocycles. The quantitative estimate of drug-likeness (QED) is 0.548. The zero-order valence-electron chi connectivity index (χ0n) is 8.97. The number of rotatable bonds is 1. The third-order valence-electron chi connectivity index (χ3n) is 2.61. The van der Waals surface area contributed by atoms with Crippen molar-refractivity contribution in [3.63, 3.8) is 0 Å². The molecule has 2 N–H and O–H groups in total. The summed E-state index contributed by atoms with van der Waals surface area (Å²) in [7, 11) is 1.35. The van der Waals surface area contributed by atoms with E-state index in [-0.39, 0.29) is 5.97 Å². The highest BCUT2D eigenvalue weighted by molar-refractivity contribution is 5.96. The molecule has 3 nitrogen and oxygen atoms in total. The molecule has 0 fully saturated rings. The standard InChI is InChI=1S/C11H15NO2/c1-6-5-9(11(13)14-4)10(12)8(3)7(6)2/h5H,12H2,1-4H3. The van der Waals surface area contributed by atoms with Crippen LogP contribution < -0.4 is 5.73 Å². The minimum atomic E-state index is -0.381. The summed E-state index contributed by atoms with van der Waals surface area (Å²) in [6.45, 7) is 5.85. The molecule has 0 amide bonds. The lowest BCUT2D eigenvalue weighted by molar-refractivity contribution is 0.0602. The van der Waals surface area contributed by atoms with Crippen molar-refractivity contribution in [2.24, 2.45) is 0 Å². The zero-order chi connectivity index (χ0) is 10.9. The highest BCUT2D eigenvalue weighted by atomic mass is 16.5. The van der Waals surface area contributed by atoms with Crippen LogP contribution in [0, 0.1) is 20.8 Å². The van der Waals surface area contributed by atoms with Crippen LogP contribution in [0.3, 0.4) is 0 Å². The van der Waals surface area contributed by atoms with E-state index in [1.165, 1.54) is 7.11 Å². The van der Waals surface area contributed by atoms with Gasteiger partial charge in [-0.2, -0.15) is 0 Å². The number of esters is 1. The molecule has 3 heteroatoms. The number of nitrogen functional groups attached to an aromatic ring is 1. The maximum absolute atomic E-state index is 11.3. The van der Waals surface area contributed by atoms with E-state index in [4.69, 9.17) is 5.73 Å². The topological polar surface area (TPSA) is 52.3 Å². The van der Waals surface area contributed by atoms with Gasteiger partial charge in [0.05, 0.1) is 12.7 Å². The zero-order valence-corrected chi connectivity index (χ0v) is 8.97. The fraction of sp³-hybridized carbons (Fsp3) is 0.364. The average Bonchev–Trinajstić information content (AvgIpc) is 2.19. The van der Waals surface area contributed by atoms with Gasteiger partial charge in [-0.15, -0.1) is 0 Å². The lowest BCUT2D eigenvalue weighted by atomic mass is 9.98. The first-order valence-electron chi connectivity index (χ1n) is 4.43. The van der Waals surface area contributed by atoms with E-state index in [1.54, 1.807) is 6.07 Å². The maximum atomic E-state index is 11.3. The summed E-state index contributed by atoms with van der Waals surface area (Å²) in [5.74, 6) is -0.381. The van der Waals surface area contributed by atoms with Crippen LogP contribution in [0.15, 0.2) is 6.07 Å². The van der Waals surface area contributed by atoms with Gasteiger partial charge in [0, 0.05) is 5.69 Å². The summed E-state index contributed by atoms with van der Waals surface area (Å²) in [6.07, 6.45) is 0. The Kier molecular flexibility index (Phi) is 2.79. The van der Waals surface area contributed by atoms with Crippen molar-refractivity contribution in [2.75, 3.05) is 12.8 Å². The van der Waals surface area contributed by atoms with Gasteiger partial charge in [-0.3, -0.25) is 0 Å². The molecular weight excluding hydrogens is 178 g/mol. The number of methoxy groups -OCH3 is 1. The maximum Gasteiger partial charge on any atom is 0.339 e. The van der Waals surface area contributed by atoms with Crippen LogP contribution in [0.1, 0.15) is 27.0 Å². The summed E-state index contributed by atoms with van der Waals surface area (Å²) >= 11 is 0. The Morgan fingerprint density at radius 3 is 2.36 bits per heavy atom. The molecule has 14 heavy (non-hydrogen) atoms. The fourth-order valence-electron chi connectivity index (χ4n) is 1.38. The molecule has 1 aromatic carbocycles. The Hall–Kier alpha value is -1.51. The number of hydrogen-bond donors (Lipinski definition) is 1. The number of carbonyl (C=O) groups excluding carboxylic acids is 1. The first kappa shape index (κ1) is 10.6. The van der Waals surface area contributed by atoms with E-state index in [2.05, 4.69) is 4.74 Å². The molecule has 0 saturated heterocycles. The Bertz CT molecular complexity index is 383. The molecule has 0 bridgehead atoms. The van der Waals surface area contributed by atoms with Crippen molar-refractivity contribution in [3.05, 3.63) is 28.3 Å². The van der Waals surface area contributed by atoms with E-state index in [0.717, 1.165) is 16.7 Å². The van der Waals surface area contributed by atoms with Gasteiger partial charge in [-0.05, 0) is 43.5 Å². The van der Waals surface area contributed by atoms with E-state index in [0.29, 0.717) is 11.3 Å². The minimum Gasteiger partial charge on any atom is -0.465 e. The van der Waals surface area contributed by atoms with Crippen LogP contribution in [-0.2, 0) is 4.74 Å². The summed E-state index contributed by atoms with van der Waals surface area (Å²) in [5, 5.41) is 0. The van der Waals surface area contributed by atoms with Gasteiger partial charge in [0.25, 0.3) is 0 Å². The molecule has 0 aromatic heterocycles. The molecule has 1 aromatic rings. The van der Waals surface area contributed by atoms with Crippen molar-refractivity contribution in [3.8, 4) is 0 Å². The molecule has 0 aliphatic heterocycles. The van der Waals surface area contributed by atoms with Crippen LogP contribution in [0.25, 0.3) is 0 Å². The Labute approximate surface area is 83.9 Å². The number of benzene rings is 1. The second-order valence-electron chi connectivity index (χ2n) is 3.40. The van der Waals surface area contributed by atoms with Gasteiger partial charge in [-0.25, -0.2) is 4.79 Å². The number of aryl methyl sites for hydroxylation is 1. The number of anilines is 1. The Morgan fingerprint density at radius 2 is 1.86 bits per heavy atom. The van der Waals surface area contributed by atoms with Gasteiger partial charge in [0.2, 0.25) is 0 Å². The SMILES string of the molecule is COC(=O)c1cc(C)c(C)c(C)c1N. The third-order valence-corrected chi connectivity index (χ3v) is 2.61. The van der Waals surface area contributed by atoms with Crippen molar-refractivity contribution >= 4 is 11.7 Å². The highest BCUT2D eigenvalue weighted by Crippen LogP contribution is 2.24. The smallest absolute Gasteiger partial charge is 0.339 e.